The number of nitrogens with zero attached hydrogens (tertiary/aromatic N) is 1. The molecule has 4 nitrogen and oxygen atoms in total. The zero-order valence-corrected chi connectivity index (χ0v) is 12.2. The molecule has 0 aromatic heterocycles. The van der Waals surface area contributed by atoms with Crippen LogP contribution in [0.4, 0.5) is 10.1 Å². The van der Waals surface area contributed by atoms with E-state index in [0.29, 0.717) is 17.2 Å². The van der Waals surface area contributed by atoms with E-state index in [1.54, 1.807) is 19.2 Å². The van der Waals surface area contributed by atoms with E-state index >= 15 is 0 Å². The van der Waals surface area contributed by atoms with Gasteiger partial charge in [0.05, 0.1) is 11.8 Å². The molecule has 3 N–H and O–H groups in total. The zero-order valence-electron chi connectivity index (χ0n) is 11.4. The predicted molar refractivity (Wildman–Crippen MR) is 79.9 cm³/mol. The topological polar surface area (TPSA) is 67.5 Å². The van der Waals surface area contributed by atoms with Crippen molar-refractivity contribution in [2.24, 2.45) is 10.7 Å². The second-order valence-corrected chi connectivity index (χ2v) is 7.18. The van der Waals surface area contributed by atoms with E-state index in [0.717, 1.165) is 24.9 Å². The summed E-state index contributed by atoms with van der Waals surface area (Å²) in [7, 11) is 0.698. The maximum atomic E-state index is 14.0. The largest absolute Gasteiger partial charge is 0.388 e. The molecule has 2 aliphatic rings. The molecule has 0 amide bonds. The van der Waals surface area contributed by atoms with Gasteiger partial charge in [-0.3, -0.25) is 9.20 Å². The molecular weight excluding hydrogens is 277 g/mol. The monoisotopic (exact) mass is 295 g/mol. The van der Waals surface area contributed by atoms with Crippen LogP contribution in [0, 0.1) is 5.82 Å². The molecule has 6 heteroatoms. The summed E-state index contributed by atoms with van der Waals surface area (Å²) in [5.41, 5.74) is 7.30. The molecule has 1 heterocycles. The van der Waals surface area contributed by atoms with Gasteiger partial charge in [-0.2, -0.15) is 0 Å². The van der Waals surface area contributed by atoms with Gasteiger partial charge in [0.1, 0.15) is 16.4 Å². The van der Waals surface area contributed by atoms with Gasteiger partial charge in [-0.25, -0.2) is 4.39 Å². The molecule has 3 rings (SSSR count). The minimum absolute atomic E-state index is 0.327. The van der Waals surface area contributed by atoms with Crippen molar-refractivity contribution in [3.05, 3.63) is 29.6 Å². The van der Waals surface area contributed by atoms with Crippen LogP contribution in [0.25, 0.3) is 0 Å². The molecule has 2 atom stereocenters. The van der Waals surface area contributed by atoms with Crippen molar-refractivity contribution in [3.63, 3.8) is 0 Å². The Kier molecular flexibility index (Phi) is 3.28. The number of amidine groups is 1. The number of anilines is 1. The normalized spacial score (nSPS) is 27.8. The molecule has 1 aliphatic carbocycles. The van der Waals surface area contributed by atoms with E-state index in [9.17, 15) is 8.60 Å². The Labute approximate surface area is 120 Å². The summed E-state index contributed by atoms with van der Waals surface area (Å²) in [4.78, 5) is 4.45. The van der Waals surface area contributed by atoms with Crippen LogP contribution in [0.15, 0.2) is 23.2 Å². The van der Waals surface area contributed by atoms with E-state index in [-0.39, 0.29) is 5.82 Å². The fourth-order valence-electron chi connectivity index (χ4n) is 2.84. The van der Waals surface area contributed by atoms with Crippen LogP contribution in [-0.4, -0.2) is 27.6 Å². The molecule has 0 saturated heterocycles. The van der Waals surface area contributed by atoms with Crippen molar-refractivity contribution < 1.29 is 8.60 Å². The van der Waals surface area contributed by atoms with E-state index < -0.39 is 21.6 Å². The Hall–Kier alpha value is -1.43. The van der Waals surface area contributed by atoms with Crippen molar-refractivity contribution >= 4 is 22.3 Å². The lowest BCUT2D eigenvalue weighted by atomic mass is 9.83. The minimum atomic E-state index is -1.08. The van der Waals surface area contributed by atoms with Gasteiger partial charge in [0.15, 0.2) is 0 Å². The van der Waals surface area contributed by atoms with Gasteiger partial charge in [-0.15, -0.1) is 0 Å². The van der Waals surface area contributed by atoms with Crippen LogP contribution in [0.2, 0.25) is 0 Å². The number of benzene rings is 1. The first-order valence-corrected chi connectivity index (χ1v) is 8.08. The van der Waals surface area contributed by atoms with Crippen LogP contribution in [-0.2, 0) is 10.8 Å². The van der Waals surface area contributed by atoms with Gasteiger partial charge in [0.2, 0.25) is 0 Å². The van der Waals surface area contributed by atoms with Gasteiger partial charge in [-0.05, 0) is 37.5 Å². The third kappa shape index (κ3) is 1.93. The summed E-state index contributed by atoms with van der Waals surface area (Å²) in [6.45, 7) is 0. The molecule has 0 bridgehead atoms. The Morgan fingerprint density at radius 1 is 1.50 bits per heavy atom. The van der Waals surface area contributed by atoms with E-state index in [4.69, 9.17) is 5.73 Å². The second kappa shape index (κ2) is 4.84. The third-order valence-corrected chi connectivity index (χ3v) is 6.42. The summed E-state index contributed by atoms with van der Waals surface area (Å²) in [6.07, 6.45) is 2.71. The van der Waals surface area contributed by atoms with Crippen LogP contribution >= 0.6 is 0 Å². The highest BCUT2D eigenvalue weighted by atomic mass is 32.2. The maximum Gasteiger partial charge on any atom is 0.128 e. The standard InChI is InChI=1S/C14H18FN3OS/c1-17-9-3-4-11(15)10(7-9)12-8-20(19)14(5-2-6-14)13(16)18-12/h3-4,7,12,17H,2,5-6,8H2,1H3,(H2,16,18). The number of hydrogen-bond acceptors (Lipinski definition) is 4. The highest BCUT2D eigenvalue weighted by Gasteiger charge is 2.49. The van der Waals surface area contributed by atoms with Crippen LogP contribution in [0.3, 0.4) is 0 Å². The summed E-state index contributed by atoms with van der Waals surface area (Å²) in [6, 6.07) is 4.34. The summed E-state index contributed by atoms with van der Waals surface area (Å²) in [5.74, 6) is 0.463. The van der Waals surface area contributed by atoms with Crippen molar-refractivity contribution in [2.75, 3.05) is 18.1 Å². The Morgan fingerprint density at radius 3 is 2.80 bits per heavy atom. The fraction of sp³-hybridized carbons (Fsp3) is 0.500. The number of nitrogens with two attached hydrogens (primary N) is 1. The van der Waals surface area contributed by atoms with Crippen molar-refractivity contribution in [3.8, 4) is 0 Å². The highest BCUT2D eigenvalue weighted by molar-refractivity contribution is 7.87. The maximum absolute atomic E-state index is 14.0. The molecular formula is C14H18FN3OS. The molecule has 1 aromatic carbocycles. The lowest BCUT2D eigenvalue weighted by Crippen LogP contribution is -2.56. The van der Waals surface area contributed by atoms with Crippen LogP contribution in [0.1, 0.15) is 30.9 Å². The number of aliphatic imine (C=N–C) groups is 1. The molecule has 2 unspecified atom stereocenters. The smallest absolute Gasteiger partial charge is 0.128 e. The summed E-state index contributed by atoms with van der Waals surface area (Å²) >= 11 is 0. The molecule has 108 valence electrons. The average Bonchev–Trinajstić information content (AvgIpc) is 2.37. The van der Waals surface area contributed by atoms with Crippen LogP contribution in [0.5, 0.6) is 0 Å². The predicted octanol–water partition coefficient (Wildman–Crippen LogP) is 1.95. The molecule has 1 saturated carbocycles. The van der Waals surface area contributed by atoms with Crippen molar-refractivity contribution in [1.82, 2.24) is 0 Å². The average molecular weight is 295 g/mol. The quantitative estimate of drug-likeness (QED) is 0.876. The fourth-order valence-corrected chi connectivity index (χ4v) is 4.73. The number of halogens is 1. The van der Waals surface area contributed by atoms with E-state index in [1.165, 1.54) is 6.07 Å². The Bertz CT molecular complexity index is 598. The van der Waals surface area contributed by atoms with Crippen molar-refractivity contribution in [2.45, 2.75) is 30.1 Å². The van der Waals surface area contributed by atoms with Gasteiger partial charge >= 0.3 is 0 Å². The third-order valence-electron chi connectivity index (χ3n) is 4.31. The molecule has 1 fully saturated rings. The SMILES string of the molecule is CNc1ccc(F)c(C2CS(=O)C3(CCC3)C(N)=N2)c1. The summed E-state index contributed by atoms with van der Waals surface area (Å²) in [5, 5.41) is 2.97. The number of rotatable bonds is 2. The first-order chi connectivity index (χ1) is 9.56. The molecule has 0 radical (unpaired) electrons. The highest BCUT2D eigenvalue weighted by Crippen LogP contribution is 2.43. The van der Waals surface area contributed by atoms with Gasteiger partial charge in [-0.1, -0.05) is 0 Å². The number of hydrogen-bond donors (Lipinski definition) is 2. The van der Waals surface area contributed by atoms with Gasteiger partial charge < -0.3 is 11.1 Å². The van der Waals surface area contributed by atoms with Gasteiger partial charge in [0, 0.05) is 29.1 Å². The first kappa shape index (κ1) is 13.5. The van der Waals surface area contributed by atoms with Crippen LogP contribution < -0.4 is 11.1 Å². The molecule has 1 aliphatic heterocycles. The Balaban J connectivity index is 1.98. The molecule has 1 aromatic rings. The lowest BCUT2D eigenvalue weighted by Gasteiger charge is -2.43. The molecule has 20 heavy (non-hydrogen) atoms. The number of nitrogens with one attached hydrogen (secondary N) is 1. The molecule has 1 spiro atoms. The first-order valence-electron chi connectivity index (χ1n) is 6.76. The van der Waals surface area contributed by atoms with Gasteiger partial charge in [0.25, 0.3) is 0 Å². The van der Waals surface area contributed by atoms with E-state index in [1.807, 2.05) is 0 Å². The zero-order chi connectivity index (χ0) is 14.3. The van der Waals surface area contributed by atoms with E-state index in [2.05, 4.69) is 10.3 Å². The minimum Gasteiger partial charge on any atom is -0.388 e. The second-order valence-electron chi connectivity index (χ2n) is 5.38. The summed E-state index contributed by atoms with van der Waals surface area (Å²) < 4.78 is 26.0. The van der Waals surface area contributed by atoms with Crippen molar-refractivity contribution in [1.29, 1.82) is 0 Å². The Morgan fingerprint density at radius 2 is 2.25 bits per heavy atom. The lowest BCUT2D eigenvalue weighted by molar-refractivity contribution is 0.428.